The summed E-state index contributed by atoms with van der Waals surface area (Å²) in [5, 5.41) is 2.28. The van der Waals surface area contributed by atoms with Gasteiger partial charge in [-0.3, -0.25) is 14.5 Å². The lowest BCUT2D eigenvalue weighted by Gasteiger charge is -2.32. The second-order valence-electron chi connectivity index (χ2n) is 8.64. The first-order valence-electron chi connectivity index (χ1n) is 12.4. The zero-order valence-electron chi connectivity index (χ0n) is 22.2. The molecule has 0 bridgehead atoms. The van der Waals surface area contributed by atoms with E-state index >= 15 is 0 Å². The number of hydrogen-bond donors (Lipinski definition) is 1. The number of anilines is 1. The molecule has 0 spiro atoms. The molecule has 3 aromatic carbocycles. The van der Waals surface area contributed by atoms with Gasteiger partial charge >= 0.3 is 5.97 Å². The summed E-state index contributed by atoms with van der Waals surface area (Å²) < 4.78 is 29.0. The van der Waals surface area contributed by atoms with Crippen LogP contribution in [0.15, 0.2) is 71.7 Å². The second-order valence-corrected chi connectivity index (χ2v) is 9.81. The monoisotopic (exact) mass is 565 g/mol. The normalized spacial score (nSPS) is 16.0. The van der Waals surface area contributed by atoms with Gasteiger partial charge in [-0.2, -0.15) is 0 Å². The maximum absolute atomic E-state index is 13.4. The van der Waals surface area contributed by atoms with Crippen molar-refractivity contribution in [3.8, 4) is 11.5 Å². The summed E-state index contributed by atoms with van der Waals surface area (Å²) in [6.45, 7) is 2.16. The molecule has 0 saturated carbocycles. The van der Waals surface area contributed by atoms with Crippen LogP contribution in [-0.2, 0) is 20.9 Å². The van der Waals surface area contributed by atoms with Gasteiger partial charge in [-0.05, 0) is 73.2 Å². The zero-order valence-corrected chi connectivity index (χ0v) is 23.0. The first kappa shape index (κ1) is 28.6. The van der Waals surface area contributed by atoms with E-state index in [9.17, 15) is 18.8 Å². The molecule has 2 amide bonds. The third-order valence-corrected chi connectivity index (χ3v) is 7.12. The highest BCUT2D eigenvalue weighted by Crippen LogP contribution is 2.33. The van der Waals surface area contributed by atoms with E-state index in [1.165, 1.54) is 43.4 Å². The minimum absolute atomic E-state index is 0.0637. The van der Waals surface area contributed by atoms with Crippen LogP contribution in [0.5, 0.6) is 11.5 Å². The molecular weight excluding hydrogens is 537 g/mol. The van der Waals surface area contributed by atoms with E-state index in [1.807, 2.05) is 6.07 Å². The molecule has 1 unspecified atom stereocenters. The van der Waals surface area contributed by atoms with Gasteiger partial charge in [0.1, 0.15) is 11.1 Å². The summed E-state index contributed by atoms with van der Waals surface area (Å²) >= 11 is 1.15. The molecule has 1 saturated heterocycles. The first-order chi connectivity index (χ1) is 19.3. The van der Waals surface area contributed by atoms with E-state index in [4.69, 9.17) is 14.2 Å². The lowest BCUT2D eigenvalue weighted by Crippen LogP contribution is -2.44. The lowest BCUT2D eigenvalue weighted by molar-refractivity contribution is -0.129. The highest BCUT2D eigenvalue weighted by Gasteiger charge is 2.36. The molecule has 0 radical (unpaired) electrons. The number of nitrogens with one attached hydrogen (secondary N) is 1. The van der Waals surface area contributed by atoms with Crippen molar-refractivity contribution in [2.24, 2.45) is 4.99 Å². The Morgan fingerprint density at radius 1 is 1.02 bits per heavy atom. The molecule has 1 fully saturated rings. The Kier molecular flexibility index (Phi) is 9.39. The van der Waals surface area contributed by atoms with Gasteiger partial charge in [-0.1, -0.05) is 17.8 Å². The molecule has 1 aliphatic rings. The SMILES string of the molecule is CCOC(=O)c1ccc(N=C2SC(C(=O)Nc3ccc(F)cc3)CC(=O)N2Cc2ccc(OC)c(OC)c2)cc1. The molecule has 1 atom stereocenters. The van der Waals surface area contributed by atoms with Crippen molar-refractivity contribution < 1.29 is 33.0 Å². The minimum Gasteiger partial charge on any atom is -0.493 e. The molecule has 1 heterocycles. The molecule has 4 rings (SSSR count). The fraction of sp³-hybridized carbons (Fsp3) is 0.241. The Hall–Kier alpha value is -4.38. The fourth-order valence-corrected chi connectivity index (χ4v) is 5.01. The van der Waals surface area contributed by atoms with E-state index in [-0.39, 0.29) is 25.5 Å². The number of amidine groups is 1. The number of ether oxygens (including phenoxy) is 3. The number of benzene rings is 3. The van der Waals surface area contributed by atoms with E-state index in [0.29, 0.717) is 33.6 Å². The lowest BCUT2D eigenvalue weighted by atomic mass is 10.1. The largest absolute Gasteiger partial charge is 0.493 e. The number of thioether (sulfide) groups is 1. The van der Waals surface area contributed by atoms with Crippen molar-refractivity contribution >= 4 is 46.1 Å². The van der Waals surface area contributed by atoms with Crippen molar-refractivity contribution in [1.82, 2.24) is 4.90 Å². The minimum atomic E-state index is -0.767. The van der Waals surface area contributed by atoms with Crippen LogP contribution >= 0.6 is 11.8 Å². The highest BCUT2D eigenvalue weighted by molar-refractivity contribution is 8.15. The topological polar surface area (TPSA) is 107 Å². The number of hydrogen-bond acceptors (Lipinski definition) is 8. The molecule has 0 aliphatic carbocycles. The summed E-state index contributed by atoms with van der Waals surface area (Å²) in [4.78, 5) is 44.7. The molecule has 1 N–H and O–H groups in total. The van der Waals surface area contributed by atoms with Crippen LogP contribution in [-0.4, -0.2) is 53.9 Å². The van der Waals surface area contributed by atoms with Crippen molar-refractivity contribution in [2.45, 2.75) is 25.1 Å². The highest BCUT2D eigenvalue weighted by atomic mass is 32.2. The molecule has 3 aromatic rings. The van der Waals surface area contributed by atoms with E-state index in [2.05, 4.69) is 10.3 Å². The molecule has 40 heavy (non-hydrogen) atoms. The van der Waals surface area contributed by atoms with E-state index in [0.717, 1.165) is 17.3 Å². The number of esters is 1. The Balaban J connectivity index is 1.62. The van der Waals surface area contributed by atoms with Crippen LogP contribution in [0.3, 0.4) is 0 Å². The van der Waals surface area contributed by atoms with Gasteiger partial charge in [0.05, 0.1) is 38.6 Å². The number of nitrogens with zero attached hydrogens (tertiary/aromatic N) is 2. The molecule has 208 valence electrons. The van der Waals surface area contributed by atoms with Crippen LogP contribution in [0, 0.1) is 5.82 Å². The summed E-state index contributed by atoms with van der Waals surface area (Å²) in [6.07, 6.45) is -0.0637. The van der Waals surface area contributed by atoms with Gasteiger partial charge in [-0.25, -0.2) is 14.2 Å². The summed E-state index contributed by atoms with van der Waals surface area (Å²) in [5.74, 6) is -0.498. The maximum atomic E-state index is 13.4. The number of carbonyl (C=O) groups is 3. The number of carbonyl (C=O) groups excluding carboxylic acids is 3. The Morgan fingerprint density at radius 3 is 2.38 bits per heavy atom. The van der Waals surface area contributed by atoms with Crippen LogP contribution in [0.25, 0.3) is 0 Å². The Morgan fingerprint density at radius 2 is 1.73 bits per heavy atom. The Labute approximate surface area is 235 Å². The van der Waals surface area contributed by atoms with Gasteiger partial charge in [0.15, 0.2) is 16.7 Å². The molecule has 1 aliphatic heterocycles. The number of aliphatic imine (C=N–C) groups is 1. The number of amides is 2. The molecule has 9 nitrogen and oxygen atoms in total. The number of rotatable bonds is 9. The van der Waals surface area contributed by atoms with E-state index < -0.39 is 22.9 Å². The first-order valence-corrected chi connectivity index (χ1v) is 13.3. The van der Waals surface area contributed by atoms with Crippen LogP contribution in [0.2, 0.25) is 0 Å². The van der Waals surface area contributed by atoms with Crippen molar-refractivity contribution in [3.63, 3.8) is 0 Å². The number of halogens is 1. The molecule has 11 heteroatoms. The average Bonchev–Trinajstić information content (AvgIpc) is 2.96. The fourth-order valence-electron chi connectivity index (χ4n) is 3.91. The average molecular weight is 566 g/mol. The van der Waals surface area contributed by atoms with Crippen LogP contribution in [0.1, 0.15) is 29.3 Å². The smallest absolute Gasteiger partial charge is 0.338 e. The molecular formula is C29H28FN3O6S. The Bertz CT molecular complexity index is 1410. The van der Waals surface area contributed by atoms with Crippen molar-refractivity contribution in [3.05, 3.63) is 83.7 Å². The van der Waals surface area contributed by atoms with Crippen LogP contribution in [0.4, 0.5) is 15.8 Å². The quantitative estimate of drug-likeness (QED) is 0.356. The maximum Gasteiger partial charge on any atom is 0.338 e. The standard InChI is InChI=1S/C29H28FN3O6S/c1-4-39-28(36)19-6-10-22(11-7-19)32-29-33(17-18-5-14-23(37-2)24(15-18)38-3)26(34)16-25(40-29)27(35)31-21-12-8-20(30)9-13-21/h5-15,25H,4,16-17H2,1-3H3,(H,31,35). The third-order valence-electron chi connectivity index (χ3n) is 5.94. The van der Waals surface area contributed by atoms with Gasteiger partial charge < -0.3 is 19.5 Å². The zero-order chi connectivity index (χ0) is 28.6. The summed E-state index contributed by atoms with van der Waals surface area (Å²) in [7, 11) is 3.07. The van der Waals surface area contributed by atoms with Crippen molar-refractivity contribution in [1.29, 1.82) is 0 Å². The third kappa shape index (κ3) is 6.97. The van der Waals surface area contributed by atoms with Gasteiger partial charge in [0.2, 0.25) is 11.8 Å². The number of methoxy groups -OCH3 is 2. The van der Waals surface area contributed by atoms with Gasteiger partial charge in [-0.15, -0.1) is 0 Å². The predicted octanol–water partition coefficient (Wildman–Crippen LogP) is 5.18. The van der Waals surface area contributed by atoms with Gasteiger partial charge in [0.25, 0.3) is 0 Å². The second kappa shape index (κ2) is 13.1. The summed E-state index contributed by atoms with van der Waals surface area (Å²) in [5.41, 5.74) is 2.04. The van der Waals surface area contributed by atoms with E-state index in [1.54, 1.807) is 43.3 Å². The molecule has 0 aromatic heterocycles. The van der Waals surface area contributed by atoms with Gasteiger partial charge in [0, 0.05) is 12.1 Å². The summed E-state index contributed by atoms with van der Waals surface area (Å²) in [6, 6.07) is 17.2. The van der Waals surface area contributed by atoms with Crippen LogP contribution < -0.4 is 14.8 Å². The van der Waals surface area contributed by atoms with Crippen molar-refractivity contribution in [2.75, 3.05) is 26.1 Å². The predicted molar refractivity (Wildman–Crippen MR) is 151 cm³/mol.